The Labute approximate surface area is 124 Å². The van der Waals surface area contributed by atoms with E-state index in [0.717, 1.165) is 5.69 Å². The molecule has 1 heterocycles. The van der Waals surface area contributed by atoms with Crippen LogP contribution >= 0.6 is 12.6 Å². The SMILES string of the molecule is Sc1nnnn1-c1ccccc1.[KH]. The van der Waals surface area contributed by atoms with Crippen molar-refractivity contribution in [2.45, 2.75) is 5.16 Å². The Morgan fingerprint density at radius 2 is 1.85 bits per heavy atom. The number of hydrogen-bond acceptors (Lipinski definition) is 4. The maximum atomic E-state index is 4.09. The first-order valence-corrected chi connectivity index (χ1v) is 3.85. The molecule has 0 saturated carbocycles. The molecule has 6 heteroatoms. The molecule has 0 saturated heterocycles. The molecule has 0 atom stereocenters. The average molecular weight is 218 g/mol. The third kappa shape index (κ3) is 2.61. The average Bonchev–Trinajstić information content (AvgIpc) is 2.53. The van der Waals surface area contributed by atoms with Crippen LogP contribution in [0.2, 0.25) is 0 Å². The minimum atomic E-state index is 0. The van der Waals surface area contributed by atoms with Crippen molar-refractivity contribution in [3.63, 3.8) is 0 Å². The van der Waals surface area contributed by atoms with Gasteiger partial charge in [-0.1, -0.05) is 18.2 Å². The first-order chi connectivity index (χ1) is 5.88. The second kappa shape index (κ2) is 5.23. The van der Waals surface area contributed by atoms with Crippen LogP contribution in [0.1, 0.15) is 0 Å². The minimum absolute atomic E-state index is 0. The van der Waals surface area contributed by atoms with Gasteiger partial charge in [0.05, 0.1) is 5.69 Å². The van der Waals surface area contributed by atoms with Crippen LogP contribution in [-0.2, 0) is 0 Å². The molecule has 13 heavy (non-hydrogen) atoms. The van der Waals surface area contributed by atoms with Gasteiger partial charge >= 0.3 is 51.4 Å². The summed E-state index contributed by atoms with van der Waals surface area (Å²) in [5, 5.41) is 11.4. The molecule has 0 spiro atoms. The van der Waals surface area contributed by atoms with Gasteiger partial charge in [-0.25, -0.2) is 0 Å². The summed E-state index contributed by atoms with van der Waals surface area (Å²) in [7, 11) is 0. The Morgan fingerprint density at radius 1 is 1.15 bits per heavy atom. The van der Waals surface area contributed by atoms with E-state index in [1.165, 1.54) is 0 Å². The van der Waals surface area contributed by atoms with Gasteiger partial charge in [0.2, 0.25) is 5.16 Å². The molecule has 2 aromatic rings. The predicted octanol–water partition coefficient (Wildman–Crippen LogP) is 0.303. The monoisotopic (exact) mass is 218 g/mol. The first kappa shape index (κ1) is 11.4. The number of para-hydroxylation sites is 1. The second-order valence-corrected chi connectivity index (χ2v) is 2.63. The molecule has 0 amide bonds. The number of nitrogens with zero attached hydrogens (tertiary/aromatic N) is 4. The van der Waals surface area contributed by atoms with E-state index >= 15 is 0 Å². The van der Waals surface area contributed by atoms with Crippen molar-refractivity contribution >= 4 is 64.0 Å². The normalized spacial score (nSPS) is 9.31. The van der Waals surface area contributed by atoms with Crippen molar-refractivity contribution in [1.29, 1.82) is 0 Å². The fourth-order valence-corrected chi connectivity index (χ4v) is 1.11. The molecule has 0 aliphatic rings. The first-order valence-electron chi connectivity index (χ1n) is 3.41. The molecule has 2 rings (SSSR count). The number of aromatic nitrogens is 4. The van der Waals surface area contributed by atoms with E-state index in [1.54, 1.807) is 4.68 Å². The predicted molar refractivity (Wildman–Crippen MR) is 53.6 cm³/mol. The third-order valence-electron chi connectivity index (χ3n) is 1.45. The fourth-order valence-electron chi connectivity index (χ4n) is 0.919. The van der Waals surface area contributed by atoms with E-state index in [-0.39, 0.29) is 51.4 Å². The van der Waals surface area contributed by atoms with Gasteiger partial charge in [-0.05, 0) is 22.6 Å². The summed E-state index contributed by atoms with van der Waals surface area (Å²) in [6.45, 7) is 0. The number of tetrazole rings is 1. The van der Waals surface area contributed by atoms with Gasteiger partial charge < -0.3 is 0 Å². The second-order valence-electron chi connectivity index (χ2n) is 2.23. The Morgan fingerprint density at radius 3 is 2.38 bits per heavy atom. The topological polar surface area (TPSA) is 43.6 Å². The van der Waals surface area contributed by atoms with E-state index in [0.29, 0.717) is 5.16 Å². The maximum absolute atomic E-state index is 4.09. The summed E-state index contributed by atoms with van der Waals surface area (Å²) >= 11 is 4.09. The van der Waals surface area contributed by atoms with Crippen molar-refractivity contribution in [2.24, 2.45) is 0 Å². The fraction of sp³-hybridized carbons (Fsp3) is 0. The molecule has 0 aliphatic carbocycles. The summed E-state index contributed by atoms with van der Waals surface area (Å²) in [6.07, 6.45) is 0. The van der Waals surface area contributed by atoms with E-state index in [9.17, 15) is 0 Å². The van der Waals surface area contributed by atoms with Crippen LogP contribution in [0.15, 0.2) is 35.5 Å². The molecule has 0 N–H and O–H groups in total. The van der Waals surface area contributed by atoms with Crippen LogP contribution in [0.5, 0.6) is 0 Å². The molecular weight excluding hydrogens is 211 g/mol. The Balaban J connectivity index is 0.000000845. The summed E-state index contributed by atoms with van der Waals surface area (Å²) in [4.78, 5) is 0. The quantitative estimate of drug-likeness (QED) is 0.553. The number of benzene rings is 1. The molecule has 0 radical (unpaired) electrons. The Kier molecular flexibility index (Phi) is 4.57. The Bertz CT molecular complexity index is 375. The molecular formula is C7H7KN4S. The van der Waals surface area contributed by atoms with Gasteiger partial charge in [-0.2, -0.15) is 4.68 Å². The molecule has 0 aliphatic heterocycles. The van der Waals surface area contributed by atoms with Crippen molar-refractivity contribution in [3.05, 3.63) is 30.3 Å². The zero-order valence-electron chi connectivity index (χ0n) is 6.12. The zero-order chi connectivity index (χ0) is 8.39. The third-order valence-corrected chi connectivity index (χ3v) is 1.73. The summed E-state index contributed by atoms with van der Waals surface area (Å²) in [5.74, 6) is 0. The summed E-state index contributed by atoms with van der Waals surface area (Å²) < 4.78 is 1.56. The number of rotatable bonds is 1. The van der Waals surface area contributed by atoms with E-state index in [2.05, 4.69) is 28.2 Å². The van der Waals surface area contributed by atoms with Crippen molar-refractivity contribution in [1.82, 2.24) is 20.2 Å². The van der Waals surface area contributed by atoms with Gasteiger partial charge in [0.15, 0.2) is 0 Å². The molecule has 62 valence electrons. The van der Waals surface area contributed by atoms with Gasteiger partial charge in [0.25, 0.3) is 0 Å². The molecule has 1 aromatic heterocycles. The zero-order valence-corrected chi connectivity index (χ0v) is 7.02. The molecule has 0 fully saturated rings. The summed E-state index contributed by atoms with van der Waals surface area (Å²) in [5.41, 5.74) is 0.910. The van der Waals surface area contributed by atoms with Gasteiger partial charge in [0.1, 0.15) is 0 Å². The molecule has 0 bridgehead atoms. The van der Waals surface area contributed by atoms with E-state index < -0.39 is 0 Å². The van der Waals surface area contributed by atoms with Crippen LogP contribution < -0.4 is 0 Å². The van der Waals surface area contributed by atoms with Crippen molar-refractivity contribution in [2.75, 3.05) is 0 Å². The number of hydrogen-bond donors (Lipinski definition) is 1. The van der Waals surface area contributed by atoms with Crippen molar-refractivity contribution < 1.29 is 0 Å². The number of thiol groups is 1. The molecule has 0 unspecified atom stereocenters. The van der Waals surface area contributed by atoms with Crippen molar-refractivity contribution in [3.8, 4) is 5.69 Å². The van der Waals surface area contributed by atoms with E-state index in [1.807, 2.05) is 30.3 Å². The van der Waals surface area contributed by atoms with Gasteiger partial charge in [-0.15, -0.1) is 17.7 Å². The standard InChI is InChI=1S/C7H6N4S.K.H/c12-7-8-9-10-11(7)6-4-2-1-3-5-6;;/h1-5H,(H,8,10,12);;. The Hall–Kier alpha value is 0.276. The van der Waals surface area contributed by atoms with Crippen LogP contribution in [-0.4, -0.2) is 71.6 Å². The summed E-state index contributed by atoms with van der Waals surface area (Å²) in [6, 6.07) is 9.60. The van der Waals surface area contributed by atoms with E-state index in [4.69, 9.17) is 0 Å². The van der Waals surface area contributed by atoms with Crippen LogP contribution in [0, 0.1) is 0 Å². The molecule has 1 aromatic carbocycles. The van der Waals surface area contributed by atoms with Crippen LogP contribution in [0.4, 0.5) is 0 Å². The molecule has 4 nitrogen and oxygen atoms in total. The van der Waals surface area contributed by atoms with Gasteiger partial charge in [-0.3, -0.25) is 0 Å². The van der Waals surface area contributed by atoms with Gasteiger partial charge in [0, 0.05) is 0 Å². The van der Waals surface area contributed by atoms with Crippen LogP contribution in [0.3, 0.4) is 0 Å². The van der Waals surface area contributed by atoms with Crippen LogP contribution in [0.25, 0.3) is 5.69 Å².